The first-order valence-electron chi connectivity index (χ1n) is 10.1. The topological polar surface area (TPSA) is 97.2 Å². The van der Waals surface area contributed by atoms with Crippen molar-refractivity contribution in [3.63, 3.8) is 0 Å². The summed E-state index contributed by atoms with van der Waals surface area (Å²) in [5.41, 5.74) is 3.82. The molecule has 0 unspecified atom stereocenters. The minimum atomic E-state index is 0.421. The Morgan fingerprint density at radius 3 is 2.27 bits per heavy atom. The summed E-state index contributed by atoms with van der Waals surface area (Å²) in [5.74, 6) is 3.08. The number of hydrogen-bond acceptors (Lipinski definition) is 10. The van der Waals surface area contributed by atoms with Crippen LogP contribution in [0.25, 0.3) is 0 Å². The number of morpholine rings is 1. The van der Waals surface area contributed by atoms with Gasteiger partial charge in [0.05, 0.1) is 33.6 Å². The maximum absolute atomic E-state index is 5.45. The van der Waals surface area contributed by atoms with Crippen LogP contribution in [-0.4, -0.2) is 74.8 Å². The van der Waals surface area contributed by atoms with Gasteiger partial charge in [-0.05, 0) is 36.6 Å². The fraction of sp³-hybridized carbons (Fsp3) is 0.500. The van der Waals surface area contributed by atoms with Crippen LogP contribution in [0.1, 0.15) is 18.4 Å². The Labute approximate surface area is 175 Å². The highest BCUT2D eigenvalue weighted by Gasteiger charge is 2.21. The van der Waals surface area contributed by atoms with Crippen molar-refractivity contribution >= 4 is 24.1 Å². The van der Waals surface area contributed by atoms with Crippen LogP contribution in [0, 0.1) is 0 Å². The first-order valence-corrected chi connectivity index (χ1v) is 10.1. The number of aromatic nitrogens is 3. The SMILES string of the molecule is COc1ccc(C=NNc2nc(N3CCCC3)nc(N3CCOCC3)n2)cc1OC. The molecule has 0 bridgehead atoms. The number of anilines is 3. The normalized spacial score (nSPS) is 16.9. The molecule has 0 radical (unpaired) electrons. The molecule has 1 aromatic carbocycles. The maximum Gasteiger partial charge on any atom is 0.250 e. The van der Waals surface area contributed by atoms with Gasteiger partial charge in [0.25, 0.3) is 0 Å². The molecule has 4 rings (SSSR count). The molecule has 0 aliphatic carbocycles. The van der Waals surface area contributed by atoms with E-state index in [2.05, 4.69) is 30.3 Å². The van der Waals surface area contributed by atoms with Crippen LogP contribution < -0.4 is 24.7 Å². The van der Waals surface area contributed by atoms with Crippen LogP contribution in [0.3, 0.4) is 0 Å². The van der Waals surface area contributed by atoms with Crippen molar-refractivity contribution in [1.82, 2.24) is 15.0 Å². The van der Waals surface area contributed by atoms with E-state index in [1.807, 2.05) is 18.2 Å². The van der Waals surface area contributed by atoms with E-state index >= 15 is 0 Å². The molecular weight excluding hydrogens is 386 g/mol. The van der Waals surface area contributed by atoms with Gasteiger partial charge in [0.15, 0.2) is 11.5 Å². The van der Waals surface area contributed by atoms with Gasteiger partial charge in [0.2, 0.25) is 17.8 Å². The van der Waals surface area contributed by atoms with Crippen molar-refractivity contribution in [3.05, 3.63) is 23.8 Å². The summed E-state index contributed by atoms with van der Waals surface area (Å²) in [5, 5.41) is 4.31. The summed E-state index contributed by atoms with van der Waals surface area (Å²) < 4.78 is 16.1. The lowest BCUT2D eigenvalue weighted by molar-refractivity contribution is 0.122. The fourth-order valence-electron chi connectivity index (χ4n) is 3.46. The smallest absolute Gasteiger partial charge is 0.250 e. The summed E-state index contributed by atoms with van der Waals surface area (Å²) in [6.07, 6.45) is 3.99. The molecule has 2 aliphatic heterocycles. The number of ether oxygens (including phenoxy) is 3. The monoisotopic (exact) mass is 413 g/mol. The summed E-state index contributed by atoms with van der Waals surface area (Å²) in [4.78, 5) is 18.2. The molecule has 3 heterocycles. The molecule has 0 spiro atoms. The van der Waals surface area contributed by atoms with Crippen molar-refractivity contribution in [2.45, 2.75) is 12.8 Å². The molecular formula is C20H27N7O3. The van der Waals surface area contributed by atoms with Crippen molar-refractivity contribution in [2.75, 3.05) is 68.8 Å². The van der Waals surface area contributed by atoms with Crippen molar-refractivity contribution in [2.24, 2.45) is 5.10 Å². The van der Waals surface area contributed by atoms with Gasteiger partial charge in [-0.3, -0.25) is 0 Å². The predicted molar refractivity (Wildman–Crippen MR) is 115 cm³/mol. The van der Waals surface area contributed by atoms with Gasteiger partial charge in [-0.2, -0.15) is 20.1 Å². The Morgan fingerprint density at radius 1 is 0.933 bits per heavy atom. The average Bonchev–Trinajstić information content (AvgIpc) is 3.34. The van der Waals surface area contributed by atoms with Gasteiger partial charge in [-0.25, -0.2) is 5.43 Å². The molecule has 0 amide bonds. The summed E-state index contributed by atoms with van der Waals surface area (Å²) in [7, 11) is 3.22. The molecule has 10 nitrogen and oxygen atoms in total. The van der Waals surface area contributed by atoms with Gasteiger partial charge >= 0.3 is 0 Å². The Balaban J connectivity index is 1.53. The third kappa shape index (κ3) is 4.70. The molecule has 10 heteroatoms. The second-order valence-corrected chi connectivity index (χ2v) is 7.04. The van der Waals surface area contributed by atoms with Gasteiger partial charge in [-0.15, -0.1) is 0 Å². The Hall–Kier alpha value is -3.14. The zero-order chi connectivity index (χ0) is 20.8. The molecule has 2 aliphatic rings. The lowest BCUT2D eigenvalue weighted by Crippen LogP contribution is -2.38. The molecule has 0 atom stereocenters. The third-order valence-corrected chi connectivity index (χ3v) is 5.08. The Bertz CT molecular complexity index is 881. The number of hydrazone groups is 1. The number of nitrogens with zero attached hydrogens (tertiary/aromatic N) is 6. The highest BCUT2D eigenvalue weighted by atomic mass is 16.5. The standard InChI is InChI=1S/C20H27N7O3/c1-28-16-6-5-15(13-17(16)29-2)14-21-25-18-22-19(26-7-3-4-8-26)24-20(23-18)27-9-11-30-12-10-27/h5-6,13-14H,3-4,7-12H2,1-2H3,(H,22,23,24,25). The van der Waals surface area contributed by atoms with E-state index in [0.717, 1.165) is 44.6 Å². The zero-order valence-electron chi connectivity index (χ0n) is 17.4. The molecule has 1 aromatic heterocycles. The Morgan fingerprint density at radius 2 is 1.60 bits per heavy atom. The molecule has 2 saturated heterocycles. The quantitative estimate of drug-likeness (QED) is 0.538. The number of rotatable bonds is 7. The van der Waals surface area contributed by atoms with E-state index in [9.17, 15) is 0 Å². The third-order valence-electron chi connectivity index (χ3n) is 5.08. The van der Waals surface area contributed by atoms with Gasteiger partial charge in [0, 0.05) is 26.2 Å². The summed E-state index contributed by atoms with van der Waals surface area (Å²) in [6, 6.07) is 5.59. The second kappa shape index (κ2) is 9.57. The van der Waals surface area contributed by atoms with Crippen LogP contribution in [0.2, 0.25) is 0 Å². The second-order valence-electron chi connectivity index (χ2n) is 7.04. The van der Waals surface area contributed by atoms with Crippen LogP contribution in [-0.2, 0) is 4.74 Å². The largest absolute Gasteiger partial charge is 0.493 e. The number of hydrogen-bond donors (Lipinski definition) is 1. The molecule has 0 saturated carbocycles. The number of nitrogens with one attached hydrogen (secondary N) is 1. The highest BCUT2D eigenvalue weighted by molar-refractivity contribution is 5.81. The lowest BCUT2D eigenvalue weighted by Gasteiger charge is -2.27. The van der Waals surface area contributed by atoms with Crippen LogP contribution in [0.5, 0.6) is 11.5 Å². The van der Waals surface area contributed by atoms with Gasteiger partial charge in [-0.1, -0.05) is 0 Å². The molecule has 2 aromatic rings. The van der Waals surface area contributed by atoms with Crippen LogP contribution in [0.4, 0.5) is 17.8 Å². The van der Waals surface area contributed by atoms with Gasteiger partial charge < -0.3 is 24.0 Å². The molecule has 160 valence electrons. The predicted octanol–water partition coefficient (Wildman–Crippen LogP) is 1.77. The summed E-state index contributed by atoms with van der Waals surface area (Å²) >= 11 is 0. The first-order chi connectivity index (χ1) is 14.8. The van der Waals surface area contributed by atoms with E-state index in [1.165, 1.54) is 0 Å². The Kier molecular flexibility index (Phi) is 6.43. The summed E-state index contributed by atoms with van der Waals surface area (Å²) in [6.45, 7) is 4.79. The van der Waals surface area contributed by atoms with Crippen molar-refractivity contribution in [3.8, 4) is 11.5 Å². The van der Waals surface area contributed by atoms with E-state index in [4.69, 9.17) is 19.2 Å². The average molecular weight is 413 g/mol. The van der Waals surface area contributed by atoms with E-state index in [1.54, 1.807) is 20.4 Å². The first kappa shape index (κ1) is 20.1. The van der Waals surface area contributed by atoms with Crippen molar-refractivity contribution < 1.29 is 14.2 Å². The highest BCUT2D eigenvalue weighted by Crippen LogP contribution is 2.27. The molecule has 2 fully saturated rings. The number of benzene rings is 1. The maximum atomic E-state index is 5.45. The number of methoxy groups -OCH3 is 2. The molecule has 30 heavy (non-hydrogen) atoms. The van der Waals surface area contributed by atoms with E-state index in [-0.39, 0.29) is 0 Å². The van der Waals surface area contributed by atoms with Crippen LogP contribution >= 0.6 is 0 Å². The minimum absolute atomic E-state index is 0.421. The molecule has 1 N–H and O–H groups in total. The van der Waals surface area contributed by atoms with E-state index < -0.39 is 0 Å². The fourth-order valence-corrected chi connectivity index (χ4v) is 3.46. The van der Waals surface area contributed by atoms with Crippen molar-refractivity contribution in [1.29, 1.82) is 0 Å². The van der Waals surface area contributed by atoms with Gasteiger partial charge in [0.1, 0.15) is 0 Å². The zero-order valence-corrected chi connectivity index (χ0v) is 17.4. The lowest BCUT2D eigenvalue weighted by atomic mass is 10.2. The van der Waals surface area contributed by atoms with Crippen LogP contribution in [0.15, 0.2) is 23.3 Å². The minimum Gasteiger partial charge on any atom is -0.493 e. The van der Waals surface area contributed by atoms with E-state index in [0.29, 0.717) is 42.6 Å².